The first kappa shape index (κ1) is 13.5. The van der Waals surface area contributed by atoms with Crippen LogP contribution in [0.25, 0.3) is 0 Å². The third-order valence-electron chi connectivity index (χ3n) is 2.76. The van der Waals surface area contributed by atoms with Crippen molar-refractivity contribution in [1.29, 1.82) is 0 Å². The molecular formula is C15H17FN2O. The van der Waals surface area contributed by atoms with Crippen molar-refractivity contribution in [3.63, 3.8) is 0 Å². The van der Waals surface area contributed by atoms with Crippen molar-refractivity contribution in [2.75, 3.05) is 6.54 Å². The van der Waals surface area contributed by atoms with Gasteiger partial charge in [-0.05, 0) is 43.3 Å². The lowest BCUT2D eigenvalue weighted by atomic mass is 10.2. The summed E-state index contributed by atoms with van der Waals surface area (Å²) in [6.07, 6.45) is 1.68. The minimum Gasteiger partial charge on any atom is -0.439 e. The molecule has 0 aliphatic carbocycles. The van der Waals surface area contributed by atoms with Gasteiger partial charge in [-0.2, -0.15) is 0 Å². The summed E-state index contributed by atoms with van der Waals surface area (Å²) >= 11 is 0. The van der Waals surface area contributed by atoms with E-state index in [1.165, 1.54) is 6.07 Å². The topological polar surface area (TPSA) is 34.2 Å². The van der Waals surface area contributed by atoms with Crippen LogP contribution in [0.2, 0.25) is 0 Å². The SMILES string of the molecule is CCNCc1cccnc1Oc1ccc(F)c(C)c1. The van der Waals surface area contributed by atoms with Crippen LogP contribution in [-0.4, -0.2) is 11.5 Å². The normalized spacial score (nSPS) is 10.5. The highest BCUT2D eigenvalue weighted by atomic mass is 19.1. The zero-order valence-corrected chi connectivity index (χ0v) is 11.1. The maximum Gasteiger partial charge on any atom is 0.223 e. The van der Waals surface area contributed by atoms with E-state index in [-0.39, 0.29) is 5.82 Å². The smallest absolute Gasteiger partial charge is 0.223 e. The second-order valence-electron chi connectivity index (χ2n) is 4.26. The Balaban J connectivity index is 2.20. The molecule has 100 valence electrons. The zero-order valence-electron chi connectivity index (χ0n) is 11.1. The van der Waals surface area contributed by atoms with Crippen LogP contribution in [-0.2, 0) is 6.54 Å². The van der Waals surface area contributed by atoms with Crippen LogP contribution >= 0.6 is 0 Å². The molecule has 3 nitrogen and oxygen atoms in total. The average Bonchev–Trinajstić information content (AvgIpc) is 2.42. The lowest BCUT2D eigenvalue weighted by Gasteiger charge is -2.10. The predicted octanol–water partition coefficient (Wildman–Crippen LogP) is 3.43. The fourth-order valence-corrected chi connectivity index (χ4v) is 1.70. The van der Waals surface area contributed by atoms with Crippen LogP contribution in [0.15, 0.2) is 36.5 Å². The fraction of sp³-hybridized carbons (Fsp3) is 0.267. The number of halogens is 1. The molecule has 1 heterocycles. The number of hydrogen-bond donors (Lipinski definition) is 1. The summed E-state index contributed by atoms with van der Waals surface area (Å²) in [5.41, 5.74) is 1.54. The van der Waals surface area contributed by atoms with Gasteiger partial charge in [0, 0.05) is 18.3 Å². The Kier molecular flexibility index (Phi) is 4.47. The Hall–Kier alpha value is -1.94. The summed E-state index contributed by atoms with van der Waals surface area (Å²) in [6, 6.07) is 8.50. The standard InChI is InChI=1S/C15H17FN2O/c1-3-17-10-12-5-4-8-18-15(12)19-13-6-7-14(16)11(2)9-13/h4-9,17H,3,10H2,1-2H3. The van der Waals surface area contributed by atoms with Gasteiger partial charge in [-0.3, -0.25) is 0 Å². The van der Waals surface area contributed by atoms with Gasteiger partial charge >= 0.3 is 0 Å². The van der Waals surface area contributed by atoms with Gasteiger partial charge in [-0.25, -0.2) is 9.37 Å². The van der Waals surface area contributed by atoms with Crippen molar-refractivity contribution < 1.29 is 9.13 Å². The van der Waals surface area contributed by atoms with Crippen LogP contribution in [0, 0.1) is 12.7 Å². The molecule has 0 atom stereocenters. The zero-order chi connectivity index (χ0) is 13.7. The number of aryl methyl sites for hydroxylation is 1. The molecule has 0 amide bonds. The molecular weight excluding hydrogens is 243 g/mol. The van der Waals surface area contributed by atoms with E-state index in [1.54, 1.807) is 25.3 Å². The molecule has 2 aromatic rings. The summed E-state index contributed by atoms with van der Waals surface area (Å²) in [5.74, 6) is 0.908. The number of nitrogens with zero attached hydrogens (tertiary/aromatic N) is 1. The molecule has 0 unspecified atom stereocenters. The molecule has 0 saturated carbocycles. The number of nitrogens with one attached hydrogen (secondary N) is 1. The van der Waals surface area contributed by atoms with Crippen molar-refractivity contribution in [1.82, 2.24) is 10.3 Å². The van der Waals surface area contributed by atoms with E-state index in [0.29, 0.717) is 23.7 Å². The summed E-state index contributed by atoms with van der Waals surface area (Å²) in [4.78, 5) is 4.22. The molecule has 2 rings (SSSR count). The van der Waals surface area contributed by atoms with E-state index < -0.39 is 0 Å². The van der Waals surface area contributed by atoms with Crippen LogP contribution in [0.4, 0.5) is 4.39 Å². The second kappa shape index (κ2) is 6.29. The third kappa shape index (κ3) is 3.51. The van der Waals surface area contributed by atoms with Gasteiger partial charge in [0.25, 0.3) is 0 Å². The Bertz CT molecular complexity index is 558. The minimum atomic E-state index is -0.235. The molecule has 0 saturated heterocycles. The van der Waals surface area contributed by atoms with Crippen molar-refractivity contribution in [3.8, 4) is 11.6 Å². The average molecular weight is 260 g/mol. The third-order valence-corrected chi connectivity index (χ3v) is 2.76. The van der Waals surface area contributed by atoms with Crippen molar-refractivity contribution in [2.24, 2.45) is 0 Å². The van der Waals surface area contributed by atoms with Gasteiger partial charge in [-0.15, -0.1) is 0 Å². The number of rotatable bonds is 5. The fourth-order valence-electron chi connectivity index (χ4n) is 1.70. The van der Waals surface area contributed by atoms with Crippen molar-refractivity contribution in [2.45, 2.75) is 20.4 Å². The monoisotopic (exact) mass is 260 g/mol. The van der Waals surface area contributed by atoms with E-state index in [9.17, 15) is 4.39 Å². The van der Waals surface area contributed by atoms with E-state index in [1.807, 2.05) is 19.1 Å². The molecule has 1 aromatic heterocycles. The Labute approximate surface area is 112 Å². The minimum absolute atomic E-state index is 0.235. The molecule has 1 N–H and O–H groups in total. The Morgan fingerprint density at radius 2 is 2.16 bits per heavy atom. The summed E-state index contributed by atoms with van der Waals surface area (Å²) in [6.45, 7) is 5.32. The number of benzene rings is 1. The molecule has 0 fully saturated rings. The van der Waals surface area contributed by atoms with Crippen LogP contribution in [0.5, 0.6) is 11.6 Å². The van der Waals surface area contributed by atoms with E-state index in [0.717, 1.165) is 12.1 Å². The van der Waals surface area contributed by atoms with E-state index in [2.05, 4.69) is 10.3 Å². The maximum absolute atomic E-state index is 13.2. The first-order valence-electron chi connectivity index (χ1n) is 6.29. The van der Waals surface area contributed by atoms with Gasteiger partial charge < -0.3 is 10.1 Å². The lowest BCUT2D eigenvalue weighted by Crippen LogP contribution is -2.12. The first-order chi connectivity index (χ1) is 9.20. The number of aromatic nitrogens is 1. The summed E-state index contributed by atoms with van der Waals surface area (Å²) in [5, 5.41) is 3.23. The Morgan fingerprint density at radius 3 is 2.89 bits per heavy atom. The molecule has 0 spiro atoms. The summed E-state index contributed by atoms with van der Waals surface area (Å²) < 4.78 is 18.9. The van der Waals surface area contributed by atoms with Gasteiger partial charge in [0.1, 0.15) is 11.6 Å². The Morgan fingerprint density at radius 1 is 1.32 bits per heavy atom. The van der Waals surface area contributed by atoms with Crippen LogP contribution in [0.3, 0.4) is 0 Å². The predicted molar refractivity (Wildman–Crippen MR) is 72.8 cm³/mol. The highest BCUT2D eigenvalue weighted by molar-refractivity contribution is 5.34. The molecule has 0 aliphatic heterocycles. The number of ether oxygens (including phenoxy) is 1. The molecule has 1 aromatic carbocycles. The quantitative estimate of drug-likeness (QED) is 0.894. The van der Waals surface area contributed by atoms with Crippen molar-refractivity contribution in [3.05, 3.63) is 53.5 Å². The van der Waals surface area contributed by atoms with Crippen LogP contribution in [0.1, 0.15) is 18.1 Å². The van der Waals surface area contributed by atoms with Gasteiger partial charge in [0.05, 0.1) is 0 Å². The second-order valence-corrected chi connectivity index (χ2v) is 4.26. The van der Waals surface area contributed by atoms with Crippen molar-refractivity contribution >= 4 is 0 Å². The molecule has 19 heavy (non-hydrogen) atoms. The first-order valence-corrected chi connectivity index (χ1v) is 6.29. The largest absolute Gasteiger partial charge is 0.439 e. The molecule has 0 bridgehead atoms. The van der Waals surface area contributed by atoms with Gasteiger partial charge in [0.2, 0.25) is 5.88 Å². The maximum atomic E-state index is 13.2. The molecule has 0 radical (unpaired) electrons. The summed E-state index contributed by atoms with van der Waals surface area (Å²) in [7, 11) is 0. The highest BCUT2D eigenvalue weighted by Gasteiger charge is 2.07. The number of hydrogen-bond acceptors (Lipinski definition) is 3. The lowest BCUT2D eigenvalue weighted by molar-refractivity contribution is 0.451. The van der Waals surface area contributed by atoms with Gasteiger partial charge in [-0.1, -0.05) is 13.0 Å². The number of pyridine rings is 1. The highest BCUT2D eigenvalue weighted by Crippen LogP contribution is 2.24. The van der Waals surface area contributed by atoms with Gasteiger partial charge in [0.15, 0.2) is 0 Å². The molecule has 0 aliphatic rings. The molecule has 4 heteroatoms. The van der Waals surface area contributed by atoms with Crippen LogP contribution < -0.4 is 10.1 Å². The van der Waals surface area contributed by atoms with E-state index >= 15 is 0 Å². The van der Waals surface area contributed by atoms with E-state index in [4.69, 9.17) is 4.74 Å².